The average Bonchev–Trinajstić information content (AvgIpc) is 3.63. The molecule has 7 nitrogen and oxygen atoms in total. The summed E-state index contributed by atoms with van der Waals surface area (Å²) in [6.45, 7) is 10.7. The monoisotopic (exact) mass is 647 g/mol. The molecule has 0 aliphatic heterocycles. The first-order chi connectivity index (χ1) is 21.9. The summed E-state index contributed by atoms with van der Waals surface area (Å²) in [6.07, 6.45) is -1.31. The molecule has 0 saturated heterocycles. The molecule has 1 atom stereocenters. The topological polar surface area (TPSA) is 74.3 Å². The zero-order valence-corrected chi connectivity index (χ0v) is 27.2. The molecule has 46 heavy (non-hydrogen) atoms. The van der Waals surface area contributed by atoms with Crippen LogP contribution in [0.5, 0.6) is 5.75 Å². The third kappa shape index (κ3) is 7.82. The number of hydrogen-bond acceptors (Lipinski definition) is 5. The molecule has 5 aromatic rings. The molecule has 2 aromatic heterocycles. The van der Waals surface area contributed by atoms with Crippen molar-refractivity contribution in [3.63, 3.8) is 0 Å². The van der Waals surface area contributed by atoms with Gasteiger partial charge in [-0.1, -0.05) is 57.2 Å². The van der Waals surface area contributed by atoms with Crippen molar-refractivity contribution in [2.24, 2.45) is 4.99 Å². The van der Waals surface area contributed by atoms with Crippen LogP contribution < -0.4 is 9.54 Å². The van der Waals surface area contributed by atoms with Gasteiger partial charge in [-0.3, -0.25) is 9.36 Å². The second-order valence-corrected chi connectivity index (χ2v) is 12.5. The number of alkyl halides is 3. The predicted molar refractivity (Wildman–Crippen MR) is 174 cm³/mol. The van der Waals surface area contributed by atoms with Crippen LogP contribution in [0.1, 0.15) is 74.3 Å². The first kappa shape index (κ1) is 32.9. The number of thiazole rings is 1. The number of carbonyl (C=O) groups is 1. The van der Waals surface area contributed by atoms with E-state index in [9.17, 15) is 18.0 Å². The quantitative estimate of drug-likeness (QED) is 0.152. The van der Waals surface area contributed by atoms with Crippen molar-refractivity contribution in [3.05, 3.63) is 106 Å². The molecular weight excluding hydrogens is 611 g/mol. The molecule has 5 rings (SSSR count). The lowest BCUT2D eigenvalue weighted by Gasteiger charge is -2.17. The van der Waals surface area contributed by atoms with E-state index in [4.69, 9.17) is 0 Å². The van der Waals surface area contributed by atoms with Gasteiger partial charge in [0.05, 0.1) is 11.4 Å². The van der Waals surface area contributed by atoms with Gasteiger partial charge >= 0.3 is 6.36 Å². The van der Waals surface area contributed by atoms with Crippen LogP contribution in [0, 0.1) is 13.8 Å². The highest BCUT2D eigenvalue weighted by Gasteiger charge is 2.31. The summed E-state index contributed by atoms with van der Waals surface area (Å²) in [4.78, 5) is 22.5. The smallest absolute Gasteiger partial charge is 0.406 e. The fraction of sp³-hybridized carbons (Fsp3) is 0.314. The van der Waals surface area contributed by atoms with E-state index in [1.807, 2.05) is 42.6 Å². The van der Waals surface area contributed by atoms with Gasteiger partial charge in [-0.05, 0) is 85.5 Å². The van der Waals surface area contributed by atoms with Crippen molar-refractivity contribution >= 4 is 17.2 Å². The Kier molecular flexibility index (Phi) is 9.91. The number of carbonyl (C=O) groups excluding carboxylic acids is 1. The highest BCUT2D eigenvalue weighted by molar-refractivity contribution is 7.07. The standard InChI is InChI=1S/C35H36F3N5O2S/c1-22(2)32-24(4)9-6-10-30(32)43-25(5)20-46-34(43)40-31(44)11-7-8-23(3)26-12-14-27(15-13-26)33-39-21-42(41-33)28-16-18-29(19-17-28)45-35(36,37)38/h6,9-10,12-23H,7-8,11H2,1-5H3. The molecule has 0 aliphatic rings. The van der Waals surface area contributed by atoms with Crippen LogP contribution in [-0.2, 0) is 4.79 Å². The van der Waals surface area contributed by atoms with E-state index >= 15 is 0 Å². The fourth-order valence-electron chi connectivity index (χ4n) is 5.54. The molecule has 2 heterocycles. The number of nitrogens with zero attached hydrogens (tertiary/aromatic N) is 5. The maximum absolute atomic E-state index is 12.9. The summed E-state index contributed by atoms with van der Waals surface area (Å²) in [5, 5.41) is 6.51. The zero-order chi connectivity index (χ0) is 33.0. The average molecular weight is 648 g/mol. The van der Waals surface area contributed by atoms with Crippen molar-refractivity contribution in [1.82, 2.24) is 19.3 Å². The summed E-state index contributed by atoms with van der Waals surface area (Å²) < 4.78 is 44.8. The molecule has 240 valence electrons. The van der Waals surface area contributed by atoms with Crippen molar-refractivity contribution in [2.45, 2.75) is 72.1 Å². The van der Waals surface area contributed by atoms with Crippen LogP contribution in [-0.4, -0.2) is 31.6 Å². The van der Waals surface area contributed by atoms with E-state index in [1.54, 1.807) is 0 Å². The third-order valence-electron chi connectivity index (χ3n) is 7.81. The van der Waals surface area contributed by atoms with E-state index in [0.717, 1.165) is 35.3 Å². The molecule has 0 spiro atoms. The van der Waals surface area contributed by atoms with E-state index < -0.39 is 6.36 Å². The van der Waals surface area contributed by atoms with Crippen molar-refractivity contribution in [2.75, 3.05) is 0 Å². The Labute approximate surface area is 270 Å². The SMILES string of the molecule is Cc1cccc(-n2c(C)csc2=NC(=O)CCCC(C)c2ccc(-c3ncn(-c4ccc(OC(F)(F)F)cc4)n3)cc2)c1C(C)C. The van der Waals surface area contributed by atoms with Crippen LogP contribution in [0.4, 0.5) is 13.2 Å². The summed E-state index contributed by atoms with van der Waals surface area (Å²) in [5.41, 5.74) is 7.12. The molecule has 0 saturated carbocycles. The minimum Gasteiger partial charge on any atom is -0.406 e. The number of hydrogen-bond donors (Lipinski definition) is 0. The van der Waals surface area contributed by atoms with Crippen LogP contribution in [0.15, 0.2) is 83.4 Å². The molecule has 0 fully saturated rings. The summed E-state index contributed by atoms with van der Waals surface area (Å²) in [6, 6.07) is 19.6. The molecule has 11 heteroatoms. The molecule has 1 amide bonds. The Morgan fingerprint density at radius 2 is 1.72 bits per heavy atom. The minimum absolute atomic E-state index is 0.124. The Balaban J connectivity index is 1.19. The van der Waals surface area contributed by atoms with Gasteiger partial charge in [0.15, 0.2) is 10.6 Å². The predicted octanol–water partition coefficient (Wildman–Crippen LogP) is 8.83. The number of halogens is 3. The lowest BCUT2D eigenvalue weighted by molar-refractivity contribution is -0.274. The van der Waals surface area contributed by atoms with Crippen LogP contribution in [0.25, 0.3) is 22.8 Å². The molecule has 0 N–H and O–H groups in total. The Morgan fingerprint density at radius 1 is 1.00 bits per heavy atom. The number of aromatic nitrogens is 4. The maximum Gasteiger partial charge on any atom is 0.573 e. The Hall–Kier alpha value is -4.51. The van der Waals surface area contributed by atoms with E-state index in [0.29, 0.717) is 28.7 Å². The van der Waals surface area contributed by atoms with Gasteiger partial charge < -0.3 is 4.74 Å². The fourth-order valence-corrected chi connectivity index (χ4v) is 6.43. The first-order valence-corrected chi connectivity index (χ1v) is 16.0. The van der Waals surface area contributed by atoms with E-state index in [1.165, 1.54) is 57.7 Å². The number of rotatable bonds is 10. The van der Waals surface area contributed by atoms with Gasteiger partial charge in [-0.2, -0.15) is 4.99 Å². The van der Waals surface area contributed by atoms with Crippen LogP contribution in [0.3, 0.4) is 0 Å². The summed E-state index contributed by atoms with van der Waals surface area (Å²) >= 11 is 1.49. The number of amides is 1. The second kappa shape index (κ2) is 13.9. The van der Waals surface area contributed by atoms with Crippen molar-refractivity contribution < 1.29 is 22.7 Å². The van der Waals surface area contributed by atoms with Crippen molar-refractivity contribution in [3.8, 4) is 28.5 Å². The number of benzene rings is 3. The molecular formula is C35H36F3N5O2S. The summed E-state index contributed by atoms with van der Waals surface area (Å²) in [5.74, 6) is 0.644. The largest absolute Gasteiger partial charge is 0.573 e. The van der Waals surface area contributed by atoms with Gasteiger partial charge in [0.2, 0.25) is 5.91 Å². The van der Waals surface area contributed by atoms with Gasteiger partial charge in [-0.15, -0.1) is 29.6 Å². The van der Waals surface area contributed by atoms with Gasteiger partial charge in [0, 0.05) is 23.1 Å². The Bertz CT molecular complexity index is 1870. The molecule has 0 aliphatic carbocycles. The summed E-state index contributed by atoms with van der Waals surface area (Å²) in [7, 11) is 0. The van der Waals surface area contributed by atoms with Gasteiger partial charge in [0.1, 0.15) is 12.1 Å². The van der Waals surface area contributed by atoms with E-state index in [2.05, 4.69) is 64.2 Å². The zero-order valence-electron chi connectivity index (χ0n) is 26.4. The van der Waals surface area contributed by atoms with Gasteiger partial charge in [-0.25, -0.2) is 9.67 Å². The molecule has 0 bridgehead atoms. The lowest BCUT2D eigenvalue weighted by atomic mass is 9.94. The second-order valence-electron chi connectivity index (χ2n) is 11.6. The van der Waals surface area contributed by atoms with Crippen molar-refractivity contribution in [1.29, 1.82) is 0 Å². The highest BCUT2D eigenvalue weighted by Crippen LogP contribution is 2.28. The third-order valence-corrected chi connectivity index (χ3v) is 8.75. The molecule has 3 aromatic carbocycles. The normalized spacial score (nSPS) is 12.9. The van der Waals surface area contributed by atoms with E-state index in [-0.39, 0.29) is 17.6 Å². The Morgan fingerprint density at radius 3 is 2.39 bits per heavy atom. The molecule has 0 radical (unpaired) electrons. The molecule has 1 unspecified atom stereocenters. The highest BCUT2D eigenvalue weighted by atomic mass is 32.1. The van der Waals surface area contributed by atoms with Gasteiger partial charge in [0.25, 0.3) is 0 Å². The number of aryl methyl sites for hydroxylation is 2. The maximum atomic E-state index is 12.9. The minimum atomic E-state index is -4.74. The van der Waals surface area contributed by atoms with Crippen LogP contribution >= 0.6 is 11.3 Å². The lowest BCUT2D eigenvalue weighted by Crippen LogP contribution is -2.18. The van der Waals surface area contributed by atoms with Crippen LogP contribution in [0.2, 0.25) is 0 Å². The first-order valence-electron chi connectivity index (χ1n) is 15.1. The number of ether oxygens (including phenoxy) is 1.